The SMILES string of the molecule is Cc1cc(Cl)cc(-c2ccnc3cc(CN4C(=O)CC(C)C4=O)sc23)c1CN1CCNCC1C. The van der Waals surface area contributed by atoms with Crippen LogP contribution in [0, 0.1) is 12.8 Å². The number of aryl methyl sites for hydroxylation is 1. The third kappa shape index (κ3) is 4.38. The standard InChI is InChI=1S/C26H29ClN4O2S/c1-15-8-18(27)10-21(22(15)14-30-7-6-28-12-17(30)3)20-4-5-29-23-11-19(34-25(20)23)13-31-24(32)9-16(2)26(31)33/h4-5,8,10-11,16-17,28H,6-7,9,12-14H2,1-3H3. The Labute approximate surface area is 208 Å². The van der Waals surface area contributed by atoms with Crippen molar-refractivity contribution in [3.63, 3.8) is 0 Å². The molecule has 5 rings (SSSR count). The van der Waals surface area contributed by atoms with Crippen LogP contribution in [0.3, 0.4) is 0 Å². The van der Waals surface area contributed by atoms with Gasteiger partial charge in [0.05, 0.1) is 16.8 Å². The van der Waals surface area contributed by atoms with Crippen molar-refractivity contribution in [2.24, 2.45) is 5.92 Å². The van der Waals surface area contributed by atoms with Gasteiger partial charge in [0, 0.05) is 66.2 Å². The first-order chi connectivity index (χ1) is 16.3. The van der Waals surface area contributed by atoms with E-state index in [1.165, 1.54) is 16.0 Å². The van der Waals surface area contributed by atoms with Crippen LogP contribution in [0.2, 0.25) is 5.02 Å². The summed E-state index contributed by atoms with van der Waals surface area (Å²) < 4.78 is 1.06. The molecule has 0 bridgehead atoms. The lowest BCUT2D eigenvalue weighted by Gasteiger charge is -2.35. The lowest BCUT2D eigenvalue weighted by atomic mass is 9.95. The molecule has 2 amide bonds. The molecule has 0 saturated carbocycles. The van der Waals surface area contributed by atoms with E-state index in [1.54, 1.807) is 11.3 Å². The Morgan fingerprint density at radius 3 is 2.74 bits per heavy atom. The van der Waals surface area contributed by atoms with Gasteiger partial charge in [-0.2, -0.15) is 0 Å². The Hall–Kier alpha value is -2.32. The molecular weight excluding hydrogens is 468 g/mol. The topological polar surface area (TPSA) is 65.5 Å². The van der Waals surface area contributed by atoms with Crippen molar-refractivity contribution in [3.05, 3.63) is 51.5 Å². The summed E-state index contributed by atoms with van der Waals surface area (Å²) >= 11 is 8.14. The van der Waals surface area contributed by atoms with Crippen molar-refractivity contribution in [1.82, 2.24) is 20.1 Å². The van der Waals surface area contributed by atoms with Crippen LogP contribution < -0.4 is 5.32 Å². The number of carbonyl (C=O) groups is 2. The second-order valence-corrected chi connectivity index (χ2v) is 11.1. The number of aromatic nitrogens is 1. The quantitative estimate of drug-likeness (QED) is 0.522. The summed E-state index contributed by atoms with van der Waals surface area (Å²) in [6.45, 7) is 10.4. The third-order valence-electron chi connectivity index (χ3n) is 6.97. The van der Waals surface area contributed by atoms with Crippen LogP contribution in [0.15, 0.2) is 30.5 Å². The lowest BCUT2D eigenvalue weighted by Crippen LogP contribution is -2.49. The molecular formula is C26H29ClN4O2S. The summed E-state index contributed by atoms with van der Waals surface area (Å²) in [6.07, 6.45) is 2.12. The minimum Gasteiger partial charge on any atom is -0.314 e. The summed E-state index contributed by atoms with van der Waals surface area (Å²) in [6, 6.07) is 8.60. The zero-order valence-corrected chi connectivity index (χ0v) is 21.3. The molecule has 1 N–H and O–H groups in total. The fourth-order valence-corrected chi connectivity index (χ4v) is 6.40. The monoisotopic (exact) mass is 496 g/mol. The number of fused-ring (bicyclic) bond motifs is 1. The largest absolute Gasteiger partial charge is 0.314 e. The van der Waals surface area contributed by atoms with Crippen LogP contribution >= 0.6 is 22.9 Å². The number of pyridine rings is 1. The summed E-state index contributed by atoms with van der Waals surface area (Å²) in [7, 11) is 0. The van der Waals surface area contributed by atoms with Gasteiger partial charge in [-0.25, -0.2) is 0 Å². The van der Waals surface area contributed by atoms with Gasteiger partial charge in [-0.15, -0.1) is 11.3 Å². The Balaban J connectivity index is 1.54. The summed E-state index contributed by atoms with van der Waals surface area (Å²) in [5.41, 5.74) is 5.55. The van der Waals surface area contributed by atoms with Crippen LogP contribution in [-0.2, 0) is 22.7 Å². The zero-order valence-electron chi connectivity index (χ0n) is 19.7. The highest BCUT2D eigenvalue weighted by Gasteiger charge is 2.35. The summed E-state index contributed by atoms with van der Waals surface area (Å²) in [5, 5.41) is 4.18. The van der Waals surface area contributed by atoms with E-state index in [-0.39, 0.29) is 17.7 Å². The summed E-state index contributed by atoms with van der Waals surface area (Å²) in [4.78, 5) is 34.2. The van der Waals surface area contributed by atoms with E-state index >= 15 is 0 Å². The molecule has 2 unspecified atom stereocenters. The average molecular weight is 497 g/mol. The average Bonchev–Trinajstić information content (AvgIpc) is 3.32. The first-order valence-electron chi connectivity index (χ1n) is 11.8. The van der Waals surface area contributed by atoms with Crippen molar-refractivity contribution in [3.8, 4) is 11.1 Å². The number of hydrogen-bond donors (Lipinski definition) is 1. The molecule has 2 saturated heterocycles. The van der Waals surface area contributed by atoms with Gasteiger partial charge in [0.15, 0.2) is 0 Å². The molecule has 6 nitrogen and oxygen atoms in total. The molecule has 0 spiro atoms. The number of amides is 2. The maximum absolute atomic E-state index is 12.4. The minimum absolute atomic E-state index is 0.0893. The number of thiophene rings is 1. The van der Waals surface area contributed by atoms with Gasteiger partial charge < -0.3 is 5.32 Å². The van der Waals surface area contributed by atoms with Crippen molar-refractivity contribution in [2.45, 2.75) is 46.3 Å². The van der Waals surface area contributed by atoms with Crippen LogP contribution in [-0.4, -0.2) is 52.3 Å². The van der Waals surface area contributed by atoms with E-state index in [1.807, 2.05) is 31.3 Å². The molecule has 2 aliphatic rings. The van der Waals surface area contributed by atoms with Gasteiger partial charge in [-0.1, -0.05) is 18.5 Å². The third-order valence-corrected chi connectivity index (χ3v) is 8.33. The number of benzene rings is 1. The molecule has 1 aromatic carbocycles. The van der Waals surface area contributed by atoms with Crippen LogP contribution in [0.1, 0.15) is 36.3 Å². The Morgan fingerprint density at radius 2 is 2.00 bits per heavy atom. The molecule has 2 aliphatic heterocycles. The number of nitrogens with one attached hydrogen (secondary N) is 1. The number of carbonyl (C=O) groups excluding carboxylic acids is 2. The van der Waals surface area contributed by atoms with E-state index in [9.17, 15) is 9.59 Å². The molecule has 2 atom stereocenters. The van der Waals surface area contributed by atoms with Crippen LogP contribution in [0.4, 0.5) is 0 Å². The normalized spacial score (nSPS) is 21.7. The maximum atomic E-state index is 12.4. The fourth-order valence-electron chi connectivity index (χ4n) is 4.99. The smallest absolute Gasteiger partial charge is 0.232 e. The Bertz CT molecular complexity index is 1270. The first-order valence-corrected chi connectivity index (χ1v) is 13.0. The molecule has 3 aromatic rings. The number of likely N-dealkylation sites (tertiary alicyclic amines) is 1. The van der Waals surface area contributed by atoms with Gasteiger partial charge in [0.25, 0.3) is 0 Å². The van der Waals surface area contributed by atoms with Gasteiger partial charge in [0.1, 0.15) is 0 Å². The molecule has 0 radical (unpaired) electrons. The lowest BCUT2D eigenvalue weighted by molar-refractivity contribution is -0.139. The maximum Gasteiger partial charge on any atom is 0.232 e. The highest BCUT2D eigenvalue weighted by molar-refractivity contribution is 7.19. The first kappa shape index (κ1) is 23.4. The summed E-state index contributed by atoms with van der Waals surface area (Å²) in [5.74, 6) is -0.422. The number of rotatable bonds is 5. The number of nitrogens with zero attached hydrogens (tertiary/aromatic N) is 3. The van der Waals surface area contributed by atoms with Gasteiger partial charge >= 0.3 is 0 Å². The highest BCUT2D eigenvalue weighted by Crippen LogP contribution is 2.39. The molecule has 2 aromatic heterocycles. The van der Waals surface area contributed by atoms with Crippen molar-refractivity contribution < 1.29 is 9.59 Å². The van der Waals surface area contributed by atoms with Crippen LogP contribution in [0.25, 0.3) is 21.3 Å². The van der Waals surface area contributed by atoms with E-state index in [2.05, 4.69) is 35.1 Å². The van der Waals surface area contributed by atoms with Gasteiger partial charge in [0.2, 0.25) is 11.8 Å². The van der Waals surface area contributed by atoms with Crippen LogP contribution in [0.5, 0.6) is 0 Å². The number of imide groups is 1. The predicted molar refractivity (Wildman–Crippen MR) is 137 cm³/mol. The number of hydrogen-bond acceptors (Lipinski definition) is 6. The van der Waals surface area contributed by atoms with Crippen molar-refractivity contribution in [1.29, 1.82) is 0 Å². The second-order valence-electron chi connectivity index (χ2n) is 9.48. The minimum atomic E-state index is -0.236. The van der Waals surface area contributed by atoms with E-state index in [4.69, 9.17) is 11.6 Å². The molecule has 2 fully saturated rings. The molecule has 0 aliphatic carbocycles. The Kier molecular flexibility index (Phi) is 6.46. The Morgan fingerprint density at radius 1 is 1.18 bits per heavy atom. The molecule has 34 heavy (non-hydrogen) atoms. The van der Waals surface area contributed by atoms with E-state index in [0.717, 1.165) is 52.4 Å². The molecule has 178 valence electrons. The van der Waals surface area contributed by atoms with Gasteiger partial charge in [-0.3, -0.25) is 24.4 Å². The number of halogens is 1. The second kappa shape index (κ2) is 9.38. The molecule has 8 heteroatoms. The van der Waals surface area contributed by atoms with Crippen molar-refractivity contribution >= 4 is 45.0 Å². The van der Waals surface area contributed by atoms with Gasteiger partial charge in [-0.05, 0) is 54.8 Å². The predicted octanol–water partition coefficient (Wildman–Crippen LogP) is 4.61. The molecule has 4 heterocycles. The number of piperazine rings is 1. The van der Waals surface area contributed by atoms with E-state index in [0.29, 0.717) is 24.0 Å². The van der Waals surface area contributed by atoms with Crippen molar-refractivity contribution in [2.75, 3.05) is 19.6 Å². The fraction of sp³-hybridized carbons (Fsp3) is 0.423. The van der Waals surface area contributed by atoms with E-state index < -0.39 is 0 Å². The zero-order chi connectivity index (χ0) is 24.0. The highest BCUT2D eigenvalue weighted by atomic mass is 35.5.